The lowest BCUT2D eigenvalue weighted by Gasteiger charge is -1.95. The van der Waals surface area contributed by atoms with Crippen LogP contribution >= 0.6 is 0 Å². The minimum absolute atomic E-state index is 0.239. The van der Waals surface area contributed by atoms with Crippen molar-refractivity contribution in [1.29, 1.82) is 0 Å². The smallest absolute Gasteiger partial charge is 0.213 e. The zero-order chi connectivity index (χ0) is 13.5. The molecule has 0 N–H and O–H groups in total. The van der Waals surface area contributed by atoms with Gasteiger partial charge >= 0.3 is 0 Å². The van der Waals surface area contributed by atoms with Crippen LogP contribution in [0.25, 0.3) is 0 Å². The number of hydrogen-bond donors (Lipinski definition) is 0. The number of carbonyl (C=O) groups is 2. The summed E-state index contributed by atoms with van der Waals surface area (Å²) < 4.78 is 0. The van der Waals surface area contributed by atoms with E-state index < -0.39 is 5.78 Å². The van der Waals surface area contributed by atoms with E-state index in [9.17, 15) is 9.59 Å². The zero-order valence-corrected chi connectivity index (χ0v) is 10.2. The maximum Gasteiger partial charge on any atom is 0.213 e. The molecule has 2 aromatic rings. The van der Waals surface area contributed by atoms with E-state index in [-0.39, 0.29) is 17.9 Å². The van der Waals surface area contributed by atoms with Crippen LogP contribution in [-0.4, -0.2) is 16.6 Å². The van der Waals surface area contributed by atoms with Crippen molar-refractivity contribution in [2.24, 2.45) is 0 Å². The maximum absolute atomic E-state index is 11.7. The van der Waals surface area contributed by atoms with Crippen LogP contribution in [0.4, 0.5) is 0 Å². The molecule has 92 valence electrons. The molecular formula is C16H11NO2. The van der Waals surface area contributed by atoms with E-state index >= 15 is 0 Å². The van der Waals surface area contributed by atoms with Crippen LogP contribution in [0.2, 0.25) is 0 Å². The molecular weight excluding hydrogens is 238 g/mol. The summed E-state index contributed by atoms with van der Waals surface area (Å²) in [5, 5.41) is 0. The molecule has 0 amide bonds. The minimum atomic E-state index is -0.403. The monoisotopic (exact) mass is 249 g/mol. The van der Waals surface area contributed by atoms with Crippen molar-refractivity contribution >= 4 is 11.6 Å². The third-order valence-electron chi connectivity index (χ3n) is 2.39. The third-order valence-corrected chi connectivity index (χ3v) is 2.39. The Labute approximate surface area is 111 Å². The number of pyridine rings is 1. The molecule has 0 atom stereocenters. The van der Waals surface area contributed by atoms with E-state index in [1.165, 1.54) is 6.20 Å². The van der Waals surface area contributed by atoms with Crippen molar-refractivity contribution in [3.63, 3.8) is 0 Å². The highest BCUT2D eigenvalue weighted by atomic mass is 16.1. The van der Waals surface area contributed by atoms with E-state index in [0.29, 0.717) is 0 Å². The highest BCUT2D eigenvalue weighted by Gasteiger charge is 2.10. The third kappa shape index (κ3) is 3.90. The highest BCUT2D eigenvalue weighted by Crippen LogP contribution is 2.00. The molecule has 1 heterocycles. The summed E-state index contributed by atoms with van der Waals surface area (Å²) >= 11 is 0. The number of hydrogen-bond acceptors (Lipinski definition) is 3. The molecule has 0 saturated heterocycles. The highest BCUT2D eigenvalue weighted by molar-refractivity contribution is 6.12. The molecule has 0 aliphatic heterocycles. The number of Topliss-reactive ketones (excluding diaryl/α,β-unsaturated/α-hetero) is 2. The molecule has 3 heteroatoms. The van der Waals surface area contributed by atoms with Gasteiger partial charge in [0.15, 0.2) is 5.78 Å². The number of carbonyl (C=O) groups excluding carboxylic acids is 2. The zero-order valence-electron chi connectivity index (χ0n) is 10.2. The average molecular weight is 249 g/mol. The molecule has 0 bridgehead atoms. The second-order valence-corrected chi connectivity index (χ2v) is 3.85. The SMILES string of the molecule is O=C(C#Cc1ccccc1)CC(=O)c1ccccn1. The molecule has 0 aliphatic carbocycles. The first-order valence-electron chi connectivity index (χ1n) is 5.80. The second-order valence-electron chi connectivity index (χ2n) is 3.85. The topological polar surface area (TPSA) is 47.0 Å². The summed E-state index contributed by atoms with van der Waals surface area (Å²) in [5.41, 5.74) is 1.04. The fourth-order valence-corrected chi connectivity index (χ4v) is 1.47. The van der Waals surface area contributed by atoms with Crippen LogP contribution < -0.4 is 0 Å². The Morgan fingerprint density at radius 1 is 1.00 bits per heavy atom. The fourth-order valence-electron chi connectivity index (χ4n) is 1.47. The Hall–Kier alpha value is -2.73. The number of aromatic nitrogens is 1. The van der Waals surface area contributed by atoms with Crippen molar-refractivity contribution in [3.05, 3.63) is 66.0 Å². The van der Waals surface area contributed by atoms with Gasteiger partial charge in [-0.2, -0.15) is 0 Å². The lowest BCUT2D eigenvalue weighted by Crippen LogP contribution is -2.07. The Bertz CT molecular complexity index is 637. The molecule has 1 aromatic heterocycles. The number of ketones is 2. The van der Waals surface area contributed by atoms with Gasteiger partial charge in [0, 0.05) is 11.8 Å². The van der Waals surface area contributed by atoms with Crippen molar-refractivity contribution in [3.8, 4) is 11.8 Å². The van der Waals surface area contributed by atoms with Crippen LogP contribution in [0.5, 0.6) is 0 Å². The predicted molar refractivity (Wildman–Crippen MR) is 71.5 cm³/mol. The van der Waals surface area contributed by atoms with Gasteiger partial charge in [-0.1, -0.05) is 30.2 Å². The van der Waals surface area contributed by atoms with Crippen LogP contribution in [-0.2, 0) is 4.79 Å². The van der Waals surface area contributed by atoms with Gasteiger partial charge in [0.25, 0.3) is 0 Å². The van der Waals surface area contributed by atoms with Crippen LogP contribution in [0.15, 0.2) is 54.7 Å². The van der Waals surface area contributed by atoms with Crippen LogP contribution in [0.1, 0.15) is 22.5 Å². The summed E-state index contributed by atoms with van der Waals surface area (Å²) in [6.45, 7) is 0. The summed E-state index contributed by atoms with van der Waals surface area (Å²) in [6.07, 6.45) is 1.28. The number of nitrogens with zero attached hydrogens (tertiary/aromatic N) is 1. The molecule has 3 nitrogen and oxygen atoms in total. The first-order chi connectivity index (χ1) is 9.25. The molecule has 0 aliphatic rings. The van der Waals surface area contributed by atoms with E-state index in [1.54, 1.807) is 30.3 Å². The number of benzene rings is 1. The van der Waals surface area contributed by atoms with Gasteiger partial charge in [-0.3, -0.25) is 14.6 Å². The van der Waals surface area contributed by atoms with Gasteiger partial charge < -0.3 is 0 Å². The molecule has 0 unspecified atom stereocenters. The van der Waals surface area contributed by atoms with Gasteiger partial charge in [-0.05, 0) is 30.2 Å². The molecule has 0 radical (unpaired) electrons. The first-order valence-corrected chi connectivity index (χ1v) is 5.80. The molecule has 0 spiro atoms. The van der Waals surface area contributed by atoms with E-state index in [2.05, 4.69) is 16.8 Å². The quantitative estimate of drug-likeness (QED) is 0.476. The average Bonchev–Trinajstić information content (AvgIpc) is 2.47. The Morgan fingerprint density at radius 3 is 2.42 bits per heavy atom. The van der Waals surface area contributed by atoms with E-state index in [1.807, 2.05) is 18.2 Å². The summed E-state index contributed by atoms with van der Waals surface area (Å²) in [4.78, 5) is 27.2. The lowest BCUT2D eigenvalue weighted by atomic mass is 10.1. The van der Waals surface area contributed by atoms with E-state index in [0.717, 1.165) is 5.56 Å². The van der Waals surface area contributed by atoms with Crippen molar-refractivity contribution in [1.82, 2.24) is 4.98 Å². The van der Waals surface area contributed by atoms with Gasteiger partial charge in [-0.15, -0.1) is 0 Å². The van der Waals surface area contributed by atoms with Gasteiger partial charge in [-0.25, -0.2) is 0 Å². The van der Waals surface area contributed by atoms with Gasteiger partial charge in [0.2, 0.25) is 5.78 Å². The first kappa shape index (κ1) is 12.7. The fraction of sp³-hybridized carbons (Fsp3) is 0.0625. The Kier molecular flexibility index (Phi) is 4.20. The molecule has 0 fully saturated rings. The van der Waals surface area contributed by atoms with Gasteiger partial charge in [0.1, 0.15) is 5.69 Å². The van der Waals surface area contributed by atoms with E-state index in [4.69, 9.17) is 0 Å². The molecule has 1 aromatic carbocycles. The maximum atomic E-state index is 11.7. The second kappa shape index (κ2) is 6.27. The van der Waals surface area contributed by atoms with Crippen molar-refractivity contribution < 1.29 is 9.59 Å². The lowest BCUT2D eigenvalue weighted by molar-refractivity contribution is -0.113. The largest absolute Gasteiger partial charge is 0.292 e. The standard InChI is InChI=1S/C16H11NO2/c18-14(10-9-13-6-2-1-3-7-13)12-16(19)15-8-4-5-11-17-15/h1-8,11H,12H2. The summed E-state index contributed by atoms with van der Waals surface area (Å²) in [6, 6.07) is 14.2. The number of rotatable bonds is 3. The Balaban J connectivity index is 2.00. The Morgan fingerprint density at radius 2 is 1.74 bits per heavy atom. The summed E-state index contributed by atoms with van der Waals surface area (Å²) in [7, 11) is 0. The van der Waals surface area contributed by atoms with Gasteiger partial charge in [0.05, 0.1) is 6.42 Å². The molecule has 19 heavy (non-hydrogen) atoms. The molecule has 2 rings (SSSR count). The summed E-state index contributed by atoms with van der Waals surface area (Å²) in [5.74, 6) is 4.48. The van der Waals surface area contributed by atoms with Crippen molar-refractivity contribution in [2.75, 3.05) is 0 Å². The predicted octanol–water partition coefficient (Wildman–Crippen LogP) is 2.28. The van der Waals surface area contributed by atoms with Crippen molar-refractivity contribution in [2.45, 2.75) is 6.42 Å². The normalized spacial score (nSPS) is 9.26. The molecule has 0 saturated carbocycles. The van der Waals surface area contributed by atoms with Crippen LogP contribution in [0.3, 0.4) is 0 Å². The van der Waals surface area contributed by atoms with Crippen LogP contribution in [0, 0.1) is 11.8 Å². The minimum Gasteiger partial charge on any atom is -0.292 e.